The highest BCUT2D eigenvalue weighted by molar-refractivity contribution is 5.78. The fraction of sp³-hybridized carbons (Fsp3) is 0.636. The molecule has 0 atom stereocenters. The van der Waals surface area contributed by atoms with Gasteiger partial charge in [0.25, 0.3) is 0 Å². The van der Waals surface area contributed by atoms with Crippen LogP contribution in [-0.2, 0) is 4.79 Å². The lowest BCUT2D eigenvalue weighted by Crippen LogP contribution is -2.43. The predicted octanol–water partition coefficient (Wildman–Crippen LogP) is 2.10. The Kier molecular flexibility index (Phi) is 6.62. The summed E-state index contributed by atoms with van der Waals surface area (Å²) in [4.78, 5) is 26.4. The van der Waals surface area contributed by atoms with Gasteiger partial charge >= 0.3 is 0 Å². The second-order valence-electron chi connectivity index (χ2n) is 8.51. The average Bonchev–Trinajstić information content (AvgIpc) is 3.12. The molecule has 30 heavy (non-hydrogen) atoms. The third-order valence-corrected chi connectivity index (χ3v) is 6.18. The molecule has 1 N–H and O–H groups in total. The van der Waals surface area contributed by atoms with Crippen molar-refractivity contribution in [1.29, 1.82) is 0 Å². The number of amides is 1. The first-order valence-corrected chi connectivity index (χ1v) is 11.2. The maximum atomic E-state index is 12.6. The number of rotatable bonds is 6. The van der Waals surface area contributed by atoms with Gasteiger partial charge < -0.3 is 15.1 Å². The van der Waals surface area contributed by atoms with Crippen molar-refractivity contribution in [3.05, 3.63) is 29.7 Å². The van der Waals surface area contributed by atoms with Gasteiger partial charge in [-0.1, -0.05) is 6.42 Å². The zero-order valence-corrected chi connectivity index (χ0v) is 18.2. The van der Waals surface area contributed by atoms with Crippen LogP contribution in [0.1, 0.15) is 43.5 Å². The van der Waals surface area contributed by atoms with Crippen LogP contribution in [0.25, 0.3) is 5.82 Å². The minimum atomic E-state index is 0.0850. The molecule has 8 nitrogen and oxygen atoms in total. The third-order valence-electron chi connectivity index (χ3n) is 6.18. The first-order valence-electron chi connectivity index (χ1n) is 11.2. The van der Waals surface area contributed by atoms with E-state index in [0.717, 1.165) is 56.2 Å². The number of aryl methyl sites for hydroxylation is 2. The fourth-order valence-corrected chi connectivity index (χ4v) is 4.48. The number of nitrogens with one attached hydrogen (secondary N) is 1. The van der Waals surface area contributed by atoms with Crippen LogP contribution in [0.4, 0.5) is 5.95 Å². The summed E-state index contributed by atoms with van der Waals surface area (Å²) in [6, 6.07) is 3.92. The summed E-state index contributed by atoms with van der Waals surface area (Å²) in [6.45, 7) is 9.67. The van der Waals surface area contributed by atoms with Gasteiger partial charge in [-0.3, -0.25) is 4.79 Å². The third kappa shape index (κ3) is 4.98. The van der Waals surface area contributed by atoms with Crippen LogP contribution >= 0.6 is 0 Å². The van der Waals surface area contributed by atoms with E-state index < -0.39 is 0 Å². The molecular formula is C22H33N7O. The Morgan fingerprint density at radius 3 is 2.60 bits per heavy atom. The maximum absolute atomic E-state index is 12.6. The Hall–Kier alpha value is -2.48. The van der Waals surface area contributed by atoms with Gasteiger partial charge in [-0.05, 0) is 58.7 Å². The molecule has 0 spiro atoms. The van der Waals surface area contributed by atoms with E-state index in [0.29, 0.717) is 5.95 Å². The van der Waals surface area contributed by atoms with Crippen molar-refractivity contribution in [3.63, 3.8) is 0 Å². The second kappa shape index (κ2) is 9.55. The number of carbonyl (C=O) groups excluding carboxylic acids is 1. The van der Waals surface area contributed by atoms with Gasteiger partial charge in [-0.15, -0.1) is 0 Å². The molecule has 0 saturated carbocycles. The molecule has 4 rings (SSSR count). The van der Waals surface area contributed by atoms with Crippen LogP contribution in [0.5, 0.6) is 0 Å². The fourth-order valence-electron chi connectivity index (χ4n) is 4.48. The Morgan fingerprint density at radius 2 is 1.90 bits per heavy atom. The number of nitrogens with zero attached hydrogens (tertiary/aromatic N) is 6. The number of piperidine rings is 2. The highest BCUT2D eigenvalue weighted by Gasteiger charge is 2.26. The highest BCUT2D eigenvalue weighted by Crippen LogP contribution is 2.22. The minimum Gasteiger partial charge on any atom is -0.355 e. The summed E-state index contributed by atoms with van der Waals surface area (Å²) in [5.41, 5.74) is 2.02. The van der Waals surface area contributed by atoms with Crippen molar-refractivity contribution in [2.45, 2.75) is 46.0 Å². The van der Waals surface area contributed by atoms with Gasteiger partial charge in [0.1, 0.15) is 0 Å². The SMILES string of the molecule is Cc1cc(C)n(-c2ccnc(N3CCC(C(=O)NCCN4CCCCC4)CC3)n2)n1. The van der Waals surface area contributed by atoms with E-state index in [1.165, 1.54) is 32.4 Å². The Labute approximate surface area is 178 Å². The molecule has 0 unspecified atom stereocenters. The molecular weight excluding hydrogens is 378 g/mol. The van der Waals surface area contributed by atoms with Crippen molar-refractivity contribution in [1.82, 2.24) is 30.0 Å². The molecule has 2 aromatic heterocycles. The Bertz CT molecular complexity index is 851. The summed E-state index contributed by atoms with van der Waals surface area (Å²) in [7, 11) is 0. The first kappa shape index (κ1) is 20.8. The summed E-state index contributed by atoms with van der Waals surface area (Å²) in [5.74, 6) is 1.78. The number of aromatic nitrogens is 4. The summed E-state index contributed by atoms with van der Waals surface area (Å²) < 4.78 is 1.85. The monoisotopic (exact) mass is 411 g/mol. The van der Waals surface area contributed by atoms with Crippen LogP contribution in [0.3, 0.4) is 0 Å². The van der Waals surface area contributed by atoms with Crippen molar-refractivity contribution in [2.24, 2.45) is 5.92 Å². The van der Waals surface area contributed by atoms with E-state index >= 15 is 0 Å². The van der Waals surface area contributed by atoms with Crippen molar-refractivity contribution in [2.75, 3.05) is 44.2 Å². The summed E-state index contributed by atoms with van der Waals surface area (Å²) in [5, 5.41) is 7.67. The maximum Gasteiger partial charge on any atom is 0.227 e. The minimum absolute atomic E-state index is 0.0850. The van der Waals surface area contributed by atoms with Gasteiger partial charge in [-0.2, -0.15) is 10.1 Å². The van der Waals surface area contributed by atoms with E-state index in [4.69, 9.17) is 4.98 Å². The van der Waals surface area contributed by atoms with E-state index in [1.54, 1.807) is 6.20 Å². The molecule has 2 aliphatic rings. The Morgan fingerprint density at radius 1 is 1.13 bits per heavy atom. The lowest BCUT2D eigenvalue weighted by atomic mass is 9.96. The van der Waals surface area contributed by atoms with E-state index in [2.05, 4.69) is 25.2 Å². The number of hydrogen-bond acceptors (Lipinski definition) is 6. The normalized spacial score (nSPS) is 18.5. The number of carbonyl (C=O) groups is 1. The van der Waals surface area contributed by atoms with Gasteiger partial charge in [0, 0.05) is 50.1 Å². The molecule has 2 aromatic rings. The molecule has 162 valence electrons. The standard InChI is InChI=1S/C22H33N7O/c1-17-16-18(2)29(26-17)20-6-9-24-22(25-20)28-13-7-19(8-14-28)21(30)23-10-15-27-11-4-3-5-12-27/h6,9,16,19H,3-5,7-8,10-15H2,1-2H3,(H,23,30). The highest BCUT2D eigenvalue weighted by atomic mass is 16.1. The van der Waals surface area contributed by atoms with E-state index in [9.17, 15) is 4.79 Å². The first-order chi connectivity index (χ1) is 14.6. The molecule has 4 heterocycles. The van der Waals surface area contributed by atoms with Crippen LogP contribution in [-0.4, -0.2) is 69.8 Å². The zero-order chi connectivity index (χ0) is 20.9. The van der Waals surface area contributed by atoms with Crippen LogP contribution < -0.4 is 10.2 Å². The summed E-state index contributed by atoms with van der Waals surface area (Å²) in [6.07, 6.45) is 7.37. The van der Waals surface area contributed by atoms with Gasteiger partial charge in [0.05, 0.1) is 5.69 Å². The molecule has 2 aliphatic heterocycles. The van der Waals surface area contributed by atoms with E-state index in [-0.39, 0.29) is 11.8 Å². The van der Waals surface area contributed by atoms with Crippen molar-refractivity contribution >= 4 is 11.9 Å². The molecule has 0 radical (unpaired) electrons. The number of hydrogen-bond donors (Lipinski definition) is 1. The molecule has 2 saturated heterocycles. The van der Waals surface area contributed by atoms with Gasteiger partial charge in [0.15, 0.2) is 5.82 Å². The van der Waals surface area contributed by atoms with Crippen LogP contribution in [0.15, 0.2) is 18.3 Å². The molecule has 1 amide bonds. The molecule has 0 aromatic carbocycles. The van der Waals surface area contributed by atoms with Crippen LogP contribution in [0.2, 0.25) is 0 Å². The topological polar surface area (TPSA) is 79.2 Å². The number of likely N-dealkylation sites (tertiary alicyclic amines) is 1. The predicted molar refractivity (Wildman–Crippen MR) is 117 cm³/mol. The lowest BCUT2D eigenvalue weighted by molar-refractivity contribution is -0.125. The average molecular weight is 412 g/mol. The number of anilines is 1. The summed E-state index contributed by atoms with van der Waals surface area (Å²) >= 11 is 0. The van der Waals surface area contributed by atoms with Crippen molar-refractivity contribution in [3.8, 4) is 5.82 Å². The quantitative estimate of drug-likeness (QED) is 0.784. The molecule has 2 fully saturated rings. The van der Waals surface area contributed by atoms with Crippen molar-refractivity contribution < 1.29 is 4.79 Å². The van der Waals surface area contributed by atoms with E-state index in [1.807, 2.05) is 30.7 Å². The van der Waals surface area contributed by atoms with Gasteiger partial charge in [0.2, 0.25) is 11.9 Å². The molecule has 0 aliphatic carbocycles. The zero-order valence-electron chi connectivity index (χ0n) is 18.2. The molecule has 8 heteroatoms. The largest absolute Gasteiger partial charge is 0.355 e. The Balaban J connectivity index is 1.27. The molecule has 0 bridgehead atoms. The second-order valence-corrected chi connectivity index (χ2v) is 8.51. The van der Waals surface area contributed by atoms with Crippen LogP contribution in [0, 0.1) is 19.8 Å². The van der Waals surface area contributed by atoms with Gasteiger partial charge in [-0.25, -0.2) is 9.67 Å². The smallest absolute Gasteiger partial charge is 0.227 e. The lowest BCUT2D eigenvalue weighted by Gasteiger charge is -2.31.